The number of ether oxygens (including phenoxy) is 2. The Hall–Kier alpha value is -1.83. The number of nitrogens with zero attached hydrogens (tertiary/aromatic N) is 1. The molecule has 0 amide bonds. The standard InChI is InChI=1S/C14H12INO4/c1-2-19-11-4-3-7-16-13(11)20-12-8-9(14(17)18)5-6-10(12)15/h3-8H,2H2,1H3,(H,17,18). The molecule has 20 heavy (non-hydrogen) atoms. The van der Waals surface area contributed by atoms with Crippen molar-refractivity contribution >= 4 is 28.6 Å². The highest BCUT2D eigenvalue weighted by atomic mass is 127. The summed E-state index contributed by atoms with van der Waals surface area (Å²) in [6, 6.07) is 8.17. The molecule has 0 spiro atoms. The van der Waals surface area contributed by atoms with Crippen LogP contribution in [-0.4, -0.2) is 22.7 Å². The van der Waals surface area contributed by atoms with E-state index in [9.17, 15) is 4.79 Å². The van der Waals surface area contributed by atoms with Gasteiger partial charge in [0.1, 0.15) is 5.75 Å². The number of hydrogen-bond donors (Lipinski definition) is 1. The van der Waals surface area contributed by atoms with Gasteiger partial charge in [-0.05, 0) is 59.8 Å². The fraction of sp³-hybridized carbons (Fsp3) is 0.143. The Bertz CT molecular complexity index is 630. The van der Waals surface area contributed by atoms with E-state index in [0.717, 1.165) is 3.57 Å². The molecule has 0 unspecified atom stereocenters. The highest BCUT2D eigenvalue weighted by Gasteiger charge is 2.12. The minimum absolute atomic E-state index is 0.161. The first-order valence-electron chi connectivity index (χ1n) is 5.90. The molecule has 5 nitrogen and oxygen atoms in total. The van der Waals surface area contributed by atoms with Gasteiger partial charge in [0.05, 0.1) is 15.7 Å². The number of halogens is 1. The zero-order valence-corrected chi connectivity index (χ0v) is 12.8. The van der Waals surface area contributed by atoms with Gasteiger partial charge in [0.25, 0.3) is 5.88 Å². The van der Waals surface area contributed by atoms with E-state index in [4.69, 9.17) is 14.6 Å². The molecule has 0 saturated carbocycles. The van der Waals surface area contributed by atoms with Crippen LogP contribution in [0, 0.1) is 3.57 Å². The van der Waals surface area contributed by atoms with E-state index in [-0.39, 0.29) is 5.56 Å². The van der Waals surface area contributed by atoms with Crippen LogP contribution in [0.4, 0.5) is 0 Å². The maximum Gasteiger partial charge on any atom is 0.335 e. The Labute approximate surface area is 129 Å². The molecule has 0 saturated heterocycles. The number of aromatic nitrogens is 1. The van der Waals surface area contributed by atoms with Gasteiger partial charge < -0.3 is 14.6 Å². The predicted molar refractivity (Wildman–Crippen MR) is 81.6 cm³/mol. The van der Waals surface area contributed by atoms with Crippen LogP contribution in [0.15, 0.2) is 36.5 Å². The average molecular weight is 385 g/mol. The monoisotopic (exact) mass is 385 g/mol. The molecule has 1 N–H and O–H groups in total. The summed E-state index contributed by atoms with van der Waals surface area (Å²) in [5.74, 6) is 0.267. The minimum Gasteiger partial charge on any atom is -0.488 e. The first kappa shape index (κ1) is 14.6. The second kappa shape index (κ2) is 6.56. The van der Waals surface area contributed by atoms with Crippen LogP contribution in [0.2, 0.25) is 0 Å². The van der Waals surface area contributed by atoms with Gasteiger partial charge in [-0.1, -0.05) is 0 Å². The van der Waals surface area contributed by atoms with Gasteiger partial charge in [-0.15, -0.1) is 0 Å². The molecule has 2 rings (SSSR count). The van der Waals surface area contributed by atoms with E-state index in [2.05, 4.69) is 27.6 Å². The van der Waals surface area contributed by atoms with Gasteiger partial charge in [-0.3, -0.25) is 0 Å². The SMILES string of the molecule is CCOc1cccnc1Oc1cc(C(=O)O)ccc1I. The van der Waals surface area contributed by atoms with Crippen molar-refractivity contribution in [2.45, 2.75) is 6.92 Å². The lowest BCUT2D eigenvalue weighted by Gasteiger charge is -2.11. The largest absolute Gasteiger partial charge is 0.488 e. The summed E-state index contributed by atoms with van der Waals surface area (Å²) in [4.78, 5) is 15.1. The summed E-state index contributed by atoms with van der Waals surface area (Å²) >= 11 is 2.07. The Morgan fingerprint density at radius 1 is 1.35 bits per heavy atom. The first-order valence-corrected chi connectivity index (χ1v) is 6.98. The molecule has 0 aliphatic heterocycles. The zero-order chi connectivity index (χ0) is 14.5. The molecule has 6 heteroatoms. The van der Waals surface area contributed by atoms with E-state index >= 15 is 0 Å². The molecule has 1 aromatic heterocycles. The van der Waals surface area contributed by atoms with E-state index in [1.807, 2.05) is 6.92 Å². The molecule has 0 bridgehead atoms. The van der Waals surface area contributed by atoms with E-state index in [1.54, 1.807) is 24.4 Å². The molecule has 2 aromatic rings. The number of carboxylic acids is 1. The van der Waals surface area contributed by atoms with Gasteiger partial charge in [-0.2, -0.15) is 0 Å². The maximum absolute atomic E-state index is 11.0. The average Bonchev–Trinajstić information content (AvgIpc) is 2.43. The Morgan fingerprint density at radius 2 is 2.15 bits per heavy atom. The summed E-state index contributed by atoms with van der Waals surface area (Å²) in [7, 11) is 0. The third-order valence-electron chi connectivity index (χ3n) is 2.42. The van der Waals surface area contributed by atoms with Crippen molar-refractivity contribution in [3.05, 3.63) is 45.7 Å². The van der Waals surface area contributed by atoms with Gasteiger partial charge in [0.2, 0.25) is 0 Å². The van der Waals surface area contributed by atoms with Crippen LogP contribution in [0.3, 0.4) is 0 Å². The first-order chi connectivity index (χ1) is 9.61. The van der Waals surface area contributed by atoms with Gasteiger partial charge in [0.15, 0.2) is 5.75 Å². The van der Waals surface area contributed by atoms with E-state index in [1.165, 1.54) is 12.1 Å². The highest BCUT2D eigenvalue weighted by Crippen LogP contribution is 2.32. The molecule has 0 fully saturated rings. The molecule has 0 atom stereocenters. The summed E-state index contributed by atoms with van der Waals surface area (Å²) in [6.07, 6.45) is 1.59. The third-order valence-corrected chi connectivity index (χ3v) is 3.31. The quantitative estimate of drug-likeness (QED) is 0.797. The molecule has 1 heterocycles. The molecule has 0 aliphatic carbocycles. The lowest BCUT2D eigenvalue weighted by molar-refractivity contribution is 0.0696. The smallest absolute Gasteiger partial charge is 0.335 e. The van der Waals surface area contributed by atoms with Crippen LogP contribution in [0.25, 0.3) is 0 Å². The van der Waals surface area contributed by atoms with Crippen molar-refractivity contribution in [3.8, 4) is 17.4 Å². The number of carbonyl (C=O) groups is 1. The highest BCUT2D eigenvalue weighted by molar-refractivity contribution is 14.1. The maximum atomic E-state index is 11.0. The number of rotatable bonds is 5. The lowest BCUT2D eigenvalue weighted by Crippen LogP contribution is -2.00. The minimum atomic E-state index is -1.00. The Balaban J connectivity index is 2.34. The van der Waals surface area contributed by atoms with Crippen LogP contribution >= 0.6 is 22.6 Å². The van der Waals surface area contributed by atoms with Crippen molar-refractivity contribution in [2.24, 2.45) is 0 Å². The number of carboxylic acid groups (broad SMARTS) is 1. The van der Waals surface area contributed by atoms with E-state index in [0.29, 0.717) is 24.0 Å². The number of pyridine rings is 1. The van der Waals surface area contributed by atoms with Gasteiger partial charge >= 0.3 is 5.97 Å². The Kier molecular flexibility index (Phi) is 4.78. The zero-order valence-electron chi connectivity index (χ0n) is 10.7. The topological polar surface area (TPSA) is 68.7 Å². The molecule has 0 aliphatic rings. The van der Waals surface area contributed by atoms with Crippen molar-refractivity contribution < 1.29 is 19.4 Å². The van der Waals surface area contributed by atoms with Crippen molar-refractivity contribution in [1.29, 1.82) is 0 Å². The Morgan fingerprint density at radius 3 is 2.85 bits per heavy atom. The van der Waals surface area contributed by atoms with Gasteiger partial charge in [0, 0.05) is 6.20 Å². The van der Waals surface area contributed by atoms with E-state index < -0.39 is 5.97 Å². The molecule has 104 valence electrons. The second-order valence-electron chi connectivity index (χ2n) is 3.79. The molecule has 1 aromatic carbocycles. The van der Waals surface area contributed by atoms with Crippen LogP contribution in [0.5, 0.6) is 17.4 Å². The summed E-state index contributed by atoms with van der Waals surface area (Å²) in [5, 5.41) is 9.01. The molecular weight excluding hydrogens is 373 g/mol. The summed E-state index contributed by atoms with van der Waals surface area (Å²) < 4.78 is 11.9. The van der Waals surface area contributed by atoms with Crippen molar-refractivity contribution in [1.82, 2.24) is 4.98 Å². The second-order valence-corrected chi connectivity index (χ2v) is 4.95. The lowest BCUT2D eigenvalue weighted by atomic mass is 10.2. The van der Waals surface area contributed by atoms with Crippen LogP contribution in [-0.2, 0) is 0 Å². The number of aromatic carboxylic acids is 1. The summed E-state index contributed by atoms with van der Waals surface area (Å²) in [5.41, 5.74) is 0.161. The predicted octanol–water partition coefficient (Wildman–Crippen LogP) is 3.58. The molecular formula is C14H12INO4. The summed E-state index contributed by atoms with van der Waals surface area (Å²) in [6.45, 7) is 2.36. The number of hydrogen-bond acceptors (Lipinski definition) is 4. The fourth-order valence-electron chi connectivity index (χ4n) is 1.54. The van der Waals surface area contributed by atoms with Crippen LogP contribution in [0.1, 0.15) is 17.3 Å². The van der Waals surface area contributed by atoms with Gasteiger partial charge in [-0.25, -0.2) is 9.78 Å². The van der Waals surface area contributed by atoms with Crippen molar-refractivity contribution in [3.63, 3.8) is 0 Å². The van der Waals surface area contributed by atoms with Crippen LogP contribution < -0.4 is 9.47 Å². The molecule has 0 radical (unpaired) electrons. The normalized spacial score (nSPS) is 10.1. The van der Waals surface area contributed by atoms with Crippen molar-refractivity contribution in [2.75, 3.05) is 6.61 Å². The fourth-order valence-corrected chi connectivity index (χ4v) is 1.98. The third kappa shape index (κ3) is 3.38. The number of benzene rings is 1.